The molecule has 0 aliphatic carbocycles. The van der Waals surface area contributed by atoms with Crippen LogP contribution < -0.4 is 0 Å². The van der Waals surface area contributed by atoms with Crippen molar-refractivity contribution in [3.8, 4) is 0 Å². The number of hydrogen-bond acceptors (Lipinski definition) is 3. The SMILES string of the molecule is CN1CCCC(C)(c2cc(C(=O)O)n[nH]2)C1. The summed E-state index contributed by atoms with van der Waals surface area (Å²) in [5.41, 5.74) is 1.02. The normalized spacial score (nSPS) is 26.9. The maximum Gasteiger partial charge on any atom is 0.356 e. The van der Waals surface area contributed by atoms with Crippen LogP contribution in [0, 0.1) is 0 Å². The van der Waals surface area contributed by atoms with Crippen molar-refractivity contribution in [3.63, 3.8) is 0 Å². The van der Waals surface area contributed by atoms with Gasteiger partial charge < -0.3 is 10.0 Å². The first-order valence-electron chi connectivity index (χ1n) is 5.49. The minimum absolute atomic E-state index is 0.00625. The van der Waals surface area contributed by atoms with Crippen molar-refractivity contribution in [2.45, 2.75) is 25.2 Å². The molecule has 5 nitrogen and oxygen atoms in total. The highest BCUT2D eigenvalue weighted by atomic mass is 16.4. The van der Waals surface area contributed by atoms with E-state index in [2.05, 4.69) is 29.1 Å². The number of aromatic amines is 1. The molecule has 0 aromatic carbocycles. The summed E-state index contributed by atoms with van der Waals surface area (Å²) < 4.78 is 0. The number of likely N-dealkylation sites (tertiary alicyclic amines) is 1. The fourth-order valence-electron chi connectivity index (χ4n) is 2.45. The molecule has 0 bridgehead atoms. The van der Waals surface area contributed by atoms with Crippen LogP contribution in [0.2, 0.25) is 0 Å². The number of carboxylic acid groups (broad SMARTS) is 1. The molecule has 2 rings (SSSR count). The van der Waals surface area contributed by atoms with Crippen LogP contribution in [0.25, 0.3) is 0 Å². The van der Waals surface area contributed by atoms with Crippen molar-refractivity contribution in [1.29, 1.82) is 0 Å². The largest absolute Gasteiger partial charge is 0.476 e. The van der Waals surface area contributed by atoms with Crippen LogP contribution in [0.1, 0.15) is 35.9 Å². The number of aromatic carboxylic acids is 1. The van der Waals surface area contributed by atoms with Crippen molar-refractivity contribution in [3.05, 3.63) is 17.5 Å². The summed E-state index contributed by atoms with van der Waals surface area (Å²) in [5.74, 6) is -0.977. The molecule has 0 amide bonds. The average molecular weight is 223 g/mol. The zero-order valence-electron chi connectivity index (χ0n) is 9.66. The molecule has 2 heterocycles. The molecule has 16 heavy (non-hydrogen) atoms. The number of nitrogens with zero attached hydrogens (tertiary/aromatic N) is 2. The van der Waals surface area contributed by atoms with Crippen LogP contribution in [0.5, 0.6) is 0 Å². The standard InChI is InChI=1S/C11H17N3O2/c1-11(4-3-5-14(2)7-11)9-6-8(10(15)16)12-13-9/h6H,3-5,7H2,1-2H3,(H,12,13)(H,15,16). The monoisotopic (exact) mass is 223 g/mol. The number of carboxylic acids is 1. The van der Waals surface area contributed by atoms with E-state index in [-0.39, 0.29) is 11.1 Å². The van der Waals surface area contributed by atoms with Crippen LogP contribution in [-0.2, 0) is 5.41 Å². The summed E-state index contributed by atoms with van der Waals surface area (Å²) in [7, 11) is 2.09. The highest BCUT2D eigenvalue weighted by Crippen LogP contribution is 2.32. The molecule has 1 saturated heterocycles. The molecule has 88 valence electrons. The van der Waals surface area contributed by atoms with Gasteiger partial charge in [-0.3, -0.25) is 5.10 Å². The minimum atomic E-state index is -0.977. The number of hydrogen-bond donors (Lipinski definition) is 2. The Balaban J connectivity index is 2.24. The Morgan fingerprint density at radius 1 is 1.69 bits per heavy atom. The van der Waals surface area contributed by atoms with Crippen LogP contribution >= 0.6 is 0 Å². The second kappa shape index (κ2) is 3.90. The van der Waals surface area contributed by atoms with E-state index >= 15 is 0 Å². The number of piperidine rings is 1. The van der Waals surface area contributed by atoms with E-state index in [1.807, 2.05) is 0 Å². The third-order valence-corrected chi connectivity index (χ3v) is 3.33. The Morgan fingerprint density at radius 2 is 2.44 bits per heavy atom. The number of rotatable bonds is 2. The van der Waals surface area contributed by atoms with Crippen molar-refractivity contribution in [2.24, 2.45) is 0 Å². The molecule has 1 unspecified atom stereocenters. The first-order valence-corrected chi connectivity index (χ1v) is 5.49. The van der Waals surface area contributed by atoms with E-state index in [9.17, 15) is 4.79 Å². The minimum Gasteiger partial charge on any atom is -0.476 e. The molecule has 2 N–H and O–H groups in total. The van der Waals surface area contributed by atoms with Gasteiger partial charge in [-0.05, 0) is 32.5 Å². The van der Waals surface area contributed by atoms with Gasteiger partial charge in [0.05, 0.1) is 0 Å². The smallest absolute Gasteiger partial charge is 0.356 e. The van der Waals surface area contributed by atoms with Gasteiger partial charge in [-0.25, -0.2) is 4.79 Å². The van der Waals surface area contributed by atoms with Crippen LogP contribution in [0.15, 0.2) is 6.07 Å². The summed E-state index contributed by atoms with van der Waals surface area (Å²) in [6.07, 6.45) is 2.20. The lowest BCUT2D eigenvalue weighted by Crippen LogP contribution is -2.42. The summed E-state index contributed by atoms with van der Waals surface area (Å²) in [5, 5.41) is 15.5. The molecule has 0 saturated carbocycles. The predicted octanol–water partition coefficient (Wildman–Crippen LogP) is 1.09. The van der Waals surface area contributed by atoms with E-state index < -0.39 is 5.97 Å². The molecule has 1 aliphatic rings. The van der Waals surface area contributed by atoms with Crippen molar-refractivity contribution >= 4 is 5.97 Å². The first kappa shape index (κ1) is 11.1. The zero-order valence-corrected chi connectivity index (χ0v) is 9.66. The summed E-state index contributed by atoms with van der Waals surface area (Å²) >= 11 is 0. The van der Waals surface area contributed by atoms with Crippen LogP contribution in [0.4, 0.5) is 0 Å². The number of nitrogens with one attached hydrogen (secondary N) is 1. The van der Waals surface area contributed by atoms with Gasteiger partial charge in [-0.1, -0.05) is 6.92 Å². The van der Waals surface area contributed by atoms with Gasteiger partial charge in [0.15, 0.2) is 5.69 Å². The molecular weight excluding hydrogens is 206 g/mol. The van der Waals surface area contributed by atoms with E-state index in [4.69, 9.17) is 5.11 Å². The zero-order chi connectivity index (χ0) is 11.8. The number of H-pyrrole nitrogens is 1. The molecule has 1 aromatic rings. The van der Waals surface area contributed by atoms with Gasteiger partial charge >= 0.3 is 5.97 Å². The number of aromatic nitrogens is 2. The van der Waals surface area contributed by atoms with Crippen LogP contribution in [0.3, 0.4) is 0 Å². The van der Waals surface area contributed by atoms with Gasteiger partial charge in [0, 0.05) is 17.7 Å². The molecule has 5 heteroatoms. The molecule has 0 spiro atoms. The molecule has 1 aliphatic heterocycles. The maximum atomic E-state index is 10.8. The van der Waals surface area contributed by atoms with Gasteiger partial charge in [0.2, 0.25) is 0 Å². The second-order valence-electron chi connectivity index (χ2n) is 4.87. The Labute approximate surface area is 94.5 Å². The van der Waals surface area contributed by atoms with Gasteiger partial charge in [-0.2, -0.15) is 5.10 Å². The molecule has 1 fully saturated rings. The Kier molecular flexibility index (Phi) is 2.71. The lowest BCUT2D eigenvalue weighted by atomic mass is 9.79. The lowest BCUT2D eigenvalue weighted by molar-refractivity contribution is 0.0690. The molecule has 1 atom stereocenters. The summed E-state index contributed by atoms with van der Waals surface area (Å²) in [4.78, 5) is 13.0. The van der Waals surface area contributed by atoms with Crippen LogP contribution in [-0.4, -0.2) is 46.3 Å². The van der Waals surface area contributed by atoms with Crippen molar-refractivity contribution in [1.82, 2.24) is 15.1 Å². The highest BCUT2D eigenvalue weighted by Gasteiger charge is 2.33. The highest BCUT2D eigenvalue weighted by molar-refractivity contribution is 5.85. The van der Waals surface area contributed by atoms with E-state index in [1.54, 1.807) is 6.07 Å². The van der Waals surface area contributed by atoms with Gasteiger partial charge in [-0.15, -0.1) is 0 Å². The number of likely N-dealkylation sites (N-methyl/N-ethyl adjacent to an activating group) is 1. The Bertz CT molecular complexity index is 402. The summed E-state index contributed by atoms with van der Waals surface area (Å²) in [6, 6.07) is 1.65. The van der Waals surface area contributed by atoms with Crippen molar-refractivity contribution in [2.75, 3.05) is 20.1 Å². The molecular formula is C11H17N3O2. The third-order valence-electron chi connectivity index (χ3n) is 3.33. The second-order valence-corrected chi connectivity index (χ2v) is 4.87. The van der Waals surface area contributed by atoms with E-state index in [0.29, 0.717) is 0 Å². The molecule has 1 aromatic heterocycles. The first-order chi connectivity index (χ1) is 7.51. The predicted molar refractivity (Wildman–Crippen MR) is 59.6 cm³/mol. The summed E-state index contributed by atoms with van der Waals surface area (Å²) in [6.45, 7) is 4.20. The Morgan fingerprint density at radius 3 is 3.00 bits per heavy atom. The van der Waals surface area contributed by atoms with Crippen molar-refractivity contribution < 1.29 is 9.90 Å². The average Bonchev–Trinajstić information content (AvgIpc) is 2.66. The third kappa shape index (κ3) is 1.95. The quantitative estimate of drug-likeness (QED) is 0.787. The number of carbonyl (C=O) groups is 1. The fraction of sp³-hybridized carbons (Fsp3) is 0.636. The van der Waals surface area contributed by atoms with Gasteiger partial charge in [0.25, 0.3) is 0 Å². The Hall–Kier alpha value is -1.36. The van der Waals surface area contributed by atoms with E-state index in [0.717, 1.165) is 31.6 Å². The van der Waals surface area contributed by atoms with E-state index in [1.165, 1.54) is 0 Å². The van der Waals surface area contributed by atoms with Gasteiger partial charge in [0.1, 0.15) is 0 Å². The topological polar surface area (TPSA) is 69.2 Å². The molecule has 0 radical (unpaired) electrons. The lowest BCUT2D eigenvalue weighted by Gasteiger charge is -2.37. The fourth-order valence-corrected chi connectivity index (χ4v) is 2.45. The maximum absolute atomic E-state index is 10.8.